The van der Waals surface area contributed by atoms with Gasteiger partial charge in [-0.2, -0.15) is 0 Å². The second-order valence-electron chi connectivity index (χ2n) is 4.27. The van der Waals surface area contributed by atoms with Crippen molar-refractivity contribution in [2.75, 3.05) is 27.3 Å². The summed E-state index contributed by atoms with van der Waals surface area (Å²) in [6.07, 6.45) is 6.63. The first kappa shape index (κ1) is 16.6. The van der Waals surface area contributed by atoms with E-state index >= 15 is 0 Å². The standard InChI is InChI=1S/C17H21NO3/c1-5-11-18(12-6-2)17(19)10-8-14-7-9-15(20-3)16(13-14)21-4/h5-10,13H,1-2,11-12H2,3-4H3. The van der Waals surface area contributed by atoms with Crippen LogP contribution < -0.4 is 9.47 Å². The minimum absolute atomic E-state index is 0.0930. The molecule has 4 heteroatoms. The second kappa shape index (κ2) is 8.64. The summed E-state index contributed by atoms with van der Waals surface area (Å²) >= 11 is 0. The van der Waals surface area contributed by atoms with Gasteiger partial charge in [0.2, 0.25) is 5.91 Å². The van der Waals surface area contributed by atoms with Gasteiger partial charge in [-0.05, 0) is 23.8 Å². The van der Waals surface area contributed by atoms with Gasteiger partial charge in [0.05, 0.1) is 14.2 Å². The summed E-state index contributed by atoms with van der Waals surface area (Å²) in [5.74, 6) is 1.19. The topological polar surface area (TPSA) is 38.8 Å². The third kappa shape index (κ3) is 4.84. The van der Waals surface area contributed by atoms with Gasteiger partial charge in [-0.15, -0.1) is 13.2 Å². The van der Waals surface area contributed by atoms with Crippen molar-refractivity contribution in [2.24, 2.45) is 0 Å². The lowest BCUT2D eigenvalue weighted by atomic mass is 10.2. The third-order valence-corrected chi connectivity index (χ3v) is 2.84. The zero-order valence-electron chi connectivity index (χ0n) is 12.5. The molecule has 0 atom stereocenters. The fraction of sp³-hybridized carbons (Fsp3) is 0.235. The summed E-state index contributed by atoms with van der Waals surface area (Å²) in [7, 11) is 3.16. The summed E-state index contributed by atoms with van der Waals surface area (Å²) in [6, 6.07) is 5.47. The molecule has 112 valence electrons. The molecule has 0 aliphatic heterocycles. The normalized spacial score (nSPS) is 10.2. The van der Waals surface area contributed by atoms with E-state index in [1.165, 1.54) is 6.08 Å². The zero-order chi connectivity index (χ0) is 15.7. The van der Waals surface area contributed by atoms with Gasteiger partial charge in [0.15, 0.2) is 11.5 Å². The molecule has 1 aromatic carbocycles. The Morgan fingerprint density at radius 2 is 1.76 bits per heavy atom. The van der Waals surface area contributed by atoms with Crippen LogP contribution in [-0.2, 0) is 4.79 Å². The highest BCUT2D eigenvalue weighted by Crippen LogP contribution is 2.27. The van der Waals surface area contributed by atoms with Crippen LogP contribution in [0.1, 0.15) is 5.56 Å². The van der Waals surface area contributed by atoms with Crippen LogP contribution in [0.4, 0.5) is 0 Å². The van der Waals surface area contributed by atoms with Crippen molar-refractivity contribution in [3.8, 4) is 11.5 Å². The van der Waals surface area contributed by atoms with Crippen molar-refractivity contribution in [3.05, 3.63) is 55.1 Å². The van der Waals surface area contributed by atoms with Gasteiger partial charge in [-0.25, -0.2) is 0 Å². The first-order valence-electron chi connectivity index (χ1n) is 6.57. The number of benzene rings is 1. The minimum atomic E-state index is -0.0930. The first-order valence-corrected chi connectivity index (χ1v) is 6.57. The van der Waals surface area contributed by atoms with Gasteiger partial charge >= 0.3 is 0 Å². The predicted octanol–water partition coefficient (Wildman–Crippen LogP) is 2.92. The van der Waals surface area contributed by atoms with Crippen molar-refractivity contribution in [2.45, 2.75) is 0 Å². The van der Waals surface area contributed by atoms with E-state index in [1.54, 1.807) is 43.4 Å². The van der Waals surface area contributed by atoms with Crippen LogP contribution in [0.25, 0.3) is 6.08 Å². The van der Waals surface area contributed by atoms with E-state index in [2.05, 4.69) is 13.2 Å². The van der Waals surface area contributed by atoms with Crippen LogP contribution in [0.5, 0.6) is 11.5 Å². The Bertz CT molecular complexity index is 525. The molecule has 1 rings (SSSR count). The fourth-order valence-electron chi connectivity index (χ4n) is 1.80. The number of ether oxygens (including phenoxy) is 2. The van der Waals surface area contributed by atoms with E-state index in [0.717, 1.165) is 5.56 Å². The lowest BCUT2D eigenvalue weighted by molar-refractivity contribution is -0.124. The number of carbonyl (C=O) groups is 1. The molecule has 0 bridgehead atoms. The Balaban J connectivity index is 2.85. The van der Waals surface area contributed by atoms with Gasteiger partial charge in [-0.1, -0.05) is 18.2 Å². The highest BCUT2D eigenvalue weighted by molar-refractivity contribution is 5.92. The summed E-state index contributed by atoms with van der Waals surface area (Å²) in [4.78, 5) is 13.7. The minimum Gasteiger partial charge on any atom is -0.493 e. The van der Waals surface area contributed by atoms with Gasteiger partial charge in [-0.3, -0.25) is 4.79 Å². The SMILES string of the molecule is C=CCN(CC=C)C(=O)C=Cc1ccc(OC)c(OC)c1. The van der Waals surface area contributed by atoms with Crippen molar-refractivity contribution >= 4 is 12.0 Å². The molecule has 4 nitrogen and oxygen atoms in total. The number of hydrogen-bond acceptors (Lipinski definition) is 3. The molecule has 0 fully saturated rings. The van der Waals surface area contributed by atoms with Crippen molar-refractivity contribution in [1.82, 2.24) is 4.90 Å². The third-order valence-electron chi connectivity index (χ3n) is 2.84. The Kier molecular flexibility index (Phi) is 6.81. The van der Waals surface area contributed by atoms with E-state index < -0.39 is 0 Å². The summed E-state index contributed by atoms with van der Waals surface area (Å²) in [6.45, 7) is 8.26. The van der Waals surface area contributed by atoms with E-state index in [9.17, 15) is 4.79 Å². The number of hydrogen-bond donors (Lipinski definition) is 0. The zero-order valence-corrected chi connectivity index (χ0v) is 12.5. The van der Waals surface area contributed by atoms with Crippen LogP contribution in [0, 0.1) is 0 Å². The van der Waals surface area contributed by atoms with Gasteiger partial charge in [0.1, 0.15) is 0 Å². The predicted molar refractivity (Wildman–Crippen MR) is 85.6 cm³/mol. The smallest absolute Gasteiger partial charge is 0.247 e. The molecule has 0 N–H and O–H groups in total. The van der Waals surface area contributed by atoms with Gasteiger partial charge in [0.25, 0.3) is 0 Å². The van der Waals surface area contributed by atoms with Crippen LogP contribution in [-0.4, -0.2) is 38.1 Å². The van der Waals surface area contributed by atoms with E-state index in [4.69, 9.17) is 9.47 Å². The summed E-state index contributed by atoms with van der Waals surface area (Å²) in [5.41, 5.74) is 0.859. The monoisotopic (exact) mass is 287 g/mol. The number of nitrogens with zero attached hydrogens (tertiary/aromatic N) is 1. The van der Waals surface area contributed by atoms with Crippen LogP contribution in [0.2, 0.25) is 0 Å². The van der Waals surface area contributed by atoms with Crippen molar-refractivity contribution < 1.29 is 14.3 Å². The maximum atomic E-state index is 12.1. The Labute approximate surface area is 126 Å². The van der Waals surface area contributed by atoms with Crippen LogP contribution in [0.3, 0.4) is 0 Å². The van der Waals surface area contributed by atoms with E-state index in [0.29, 0.717) is 24.6 Å². The Morgan fingerprint density at radius 3 is 2.29 bits per heavy atom. The summed E-state index contributed by atoms with van der Waals surface area (Å²) in [5, 5.41) is 0. The van der Waals surface area contributed by atoms with Gasteiger partial charge in [0, 0.05) is 19.2 Å². The molecule has 0 aliphatic carbocycles. The Hall–Kier alpha value is -2.49. The molecular formula is C17H21NO3. The lowest BCUT2D eigenvalue weighted by Crippen LogP contribution is -2.29. The number of amides is 1. The lowest BCUT2D eigenvalue weighted by Gasteiger charge is -2.16. The number of methoxy groups -OCH3 is 2. The Morgan fingerprint density at radius 1 is 1.14 bits per heavy atom. The highest BCUT2D eigenvalue weighted by atomic mass is 16.5. The summed E-state index contributed by atoms with van der Waals surface area (Å²) < 4.78 is 10.4. The van der Waals surface area contributed by atoms with Crippen molar-refractivity contribution in [3.63, 3.8) is 0 Å². The molecular weight excluding hydrogens is 266 g/mol. The molecule has 1 amide bonds. The number of rotatable bonds is 8. The molecule has 0 radical (unpaired) electrons. The molecule has 0 unspecified atom stereocenters. The van der Waals surface area contributed by atoms with E-state index in [1.807, 2.05) is 12.1 Å². The van der Waals surface area contributed by atoms with Crippen LogP contribution in [0.15, 0.2) is 49.6 Å². The van der Waals surface area contributed by atoms with Crippen molar-refractivity contribution in [1.29, 1.82) is 0 Å². The maximum Gasteiger partial charge on any atom is 0.247 e. The average molecular weight is 287 g/mol. The molecule has 0 saturated heterocycles. The quantitative estimate of drug-likeness (QED) is 0.545. The van der Waals surface area contributed by atoms with Gasteiger partial charge < -0.3 is 14.4 Å². The molecule has 0 aromatic heterocycles. The largest absolute Gasteiger partial charge is 0.493 e. The molecule has 0 aliphatic rings. The first-order chi connectivity index (χ1) is 10.2. The van der Waals surface area contributed by atoms with E-state index in [-0.39, 0.29) is 5.91 Å². The molecule has 21 heavy (non-hydrogen) atoms. The fourth-order valence-corrected chi connectivity index (χ4v) is 1.80. The number of carbonyl (C=O) groups excluding carboxylic acids is 1. The average Bonchev–Trinajstić information content (AvgIpc) is 2.52. The van der Waals surface area contributed by atoms with Crippen LogP contribution >= 0.6 is 0 Å². The molecule has 0 heterocycles. The highest BCUT2D eigenvalue weighted by Gasteiger charge is 2.07. The maximum absolute atomic E-state index is 12.1. The molecule has 0 spiro atoms. The second-order valence-corrected chi connectivity index (χ2v) is 4.27. The molecule has 1 aromatic rings. The molecule has 0 saturated carbocycles.